The number of methoxy groups -OCH3 is 2. The molecule has 2 rings (SSSR count). The molecule has 3 nitrogen and oxygen atoms in total. The van der Waals surface area contributed by atoms with Gasteiger partial charge in [-0.2, -0.15) is 0 Å². The normalized spacial score (nSPS) is 11.8. The molecule has 0 heterocycles. The van der Waals surface area contributed by atoms with Gasteiger partial charge < -0.3 is 14.8 Å². The fraction of sp³-hybridized carbons (Fsp3) is 0.294. The molecule has 20 heavy (non-hydrogen) atoms. The lowest BCUT2D eigenvalue weighted by molar-refractivity contribution is 0.412. The van der Waals surface area contributed by atoms with E-state index in [2.05, 4.69) is 30.4 Å². The average molecular weight is 271 g/mol. The van der Waals surface area contributed by atoms with E-state index in [0.29, 0.717) is 0 Å². The number of aryl methyl sites for hydroxylation is 1. The first-order chi connectivity index (χ1) is 9.63. The highest BCUT2D eigenvalue weighted by molar-refractivity contribution is 5.52. The molecule has 1 unspecified atom stereocenters. The number of nitrogens with one attached hydrogen (secondary N) is 1. The molecule has 3 heteroatoms. The van der Waals surface area contributed by atoms with Gasteiger partial charge in [-0.1, -0.05) is 12.1 Å². The maximum Gasteiger partial charge on any atom is 0.121 e. The number of anilines is 1. The summed E-state index contributed by atoms with van der Waals surface area (Å²) < 4.78 is 10.4. The second-order valence-corrected chi connectivity index (χ2v) is 4.82. The molecule has 2 aromatic carbocycles. The monoisotopic (exact) mass is 271 g/mol. The molecule has 0 aliphatic rings. The van der Waals surface area contributed by atoms with Crippen LogP contribution in [0.25, 0.3) is 0 Å². The Morgan fingerprint density at radius 1 is 0.950 bits per heavy atom. The van der Waals surface area contributed by atoms with Crippen molar-refractivity contribution in [2.45, 2.75) is 19.9 Å². The van der Waals surface area contributed by atoms with Crippen LogP contribution >= 0.6 is 0 Å². The molecule has 0 saturated heterocycles. The molecule has 1 atom stereocenters. The van der Waals surface area contributed by atoms with Gasteiger partial charge in [0.1, 0.15) is 11.5 Å². The minimum absolute atomic E-state index is 0.230. The number of hydrogen-bond acceptors (Lipinski definition) is 3. The van der Waals surface area contributed by atoms with E-state index in [4.69, 9.17) is 9.47 Å². The Labute approximate surface area is 120 Å². The molecular weight excluding hydrogens is 250 g/mol. The van der Waals surface area contributed by atoms with E-state index < -0.39 is 0 Å². The summed E-state index contributed by atoms with van der Waals surface area (Å²) in [6.07, 6.45) is 0. The number of ether oxygens (including phenoxy) is 2. The van der Waals surface area contributed by atoms with Gasteiger partial charge in [0.15, 0.2) is 0 Å². The number of benzene rings is 2. The first-order valence-electron chi connectivity index (χ1n) is 6.69. The Hall–Kier alpha value is -2.16. The summed E-state index contributed by atoms with van der Waals surface area (Å²) in [5.74, 6) is 1.79. The minimum Gasteiger partial charge on any atom is -0.497 e. The first-order valence-corrected chi connectivity index (χ1v) is 6.69. The Morgan fingerprint density at radius 3 is 2.20 bits per heavy atom. The van der Waals surface area contributed by atoms with Crippen LogP contribution in [-0.4, -0.2) is 14.2 Å². The van der Waals surface area contributed by atoms with Gasteiger partial charge in [0.05, 0.1) is 14.2 Å². The van der Waals surface area contributed by atoms with Crippen molar-refractivity contribution in [2.75, 3.05) is 19.5 Å². The van der Waals surface area contributed by atoms with E-state index in [1.54, 1.807) is 14.2 Å². The van der Waals surface area contributed by atoms with Gasteiger partial charge in [-0.25, -0.2) is 0 Å². The third-order valence-corrected chi connectivity index (χ3v) is 3.39. The molecule has 0 bridgehead atoms. The van der Waals surface area contributed by atoms with Crippen molar-refractivity contribution in [3.8, 4) is 11.5 Å². The summed E-state index contributed by atoms with van der Waals surface area (Å²) in [5.41, 5.74) is 3.44. The highest BCUT2D eigenvalue weighted by Crippen LogP contribution is 2.25. The van der Waals surface area contributed by atoms with E-state index in [9.17, 15) is 0 Å². The summed E-state index contributed by atoms with van der Waals surface area (Å²) in [6, 6.07) is 14.5. The SMILES string of the molecule is COc1ccc(C(C)Nc2ccc(OC)c(C)c2)cc1. The summed E-state index contributed by atoms with van der Waals surface area (Å²) in [7, 11) is 3.37. The zero-order valence-electron chi connectivity index (χ0n) is 12.4. The van der Waals surface area contributed by atoms with Crippen molar-refractivity contribution in [2.24, 2.45) is 0 Å². The van der Waals surface area contributed by atoms with Crippen LogP contribution in [0.4, 0.5) is 5.69 Å². The second-order valence-electron chi connectivity index (χ2n) is 4.82. The quantitative estimate of drug-likeness (QED) is 0.884. The van der Waals surface area contributed by atoms with Crippen molar-refractivity contribution in [3.63, 3.8) is 0 Å². The molecule has 1 N–H and O–H groups in total. The third-order valence-electron chi connectivity index (χ3n) is 3.39. The van der Waals surface area contributed by atoms with Gasteiger partial charge in [0.25, 0.3) is 0 Å². The van der Waals surface area contributed by atoms with E-state index in [1.807, 2.05) is 31.2 Å². The number of hydrogen-bond donors (Lipinski definition) is 1. The van der Waals surface area contributed by atoms with E-state index in [-0.39, 0.29) is 6.04 Å². The molecule has 0 amide bonds. The highest BCUT2D eigenvalue weighted by atomic mass is 16.5. The van der Waals surface area contributed by atoms with Crippen LogP contribution < -0.4 is 14.8 Å². The third kappa shape index (κ3) is 3.23. The van der Waals surface area contributed by atoms with Crippen molar-refractivity contribution < 1.29 is 9.47 Å². The first kappa shape index (κ1) is 14.3. The van der Waals surface area contributed by atoms with Gasteiger partial charge in [0.2, 0.25) is 0 Å². The summed E-state index contributed by atoms with van der Waals surface area (Å²) in [6.45, 7) is 4.18. The summed E-state index contributed by atoms with van der Waals surface area (Å²) in [4.78, 5) is 0. The van der Waals surface area contributed by atoms with Crippen LogP contribution in [0, 0.1) is 6.92 Å². The Balaban J connectivity index is 2.10. The highest BCUT2D eigenvalue weighted by Gasteiger charge is 2.07. The van der Waals surface area contributed by atoms with Crippen molar-refractivity contribution in [1.82, 2.24) is 0 Å². The fourth-order valence-corrected chi connectivity index (χ4v) is 2.19. The maximum atomic E-state index is 5.27. The molecule has 0 aliphatic carbocycles. The molecule has 0 aliphatic heterocycles. The predicted molar refractivity (Wildman–Crippen MR) is 82.8 cm³/mol. The van der Waals surface area contributed by atoms with Gasteiger partial charge >= 0.3 is 0 Å². The van der Waals surface area contributed by atoms with E-state index in [0.717, 1.165) is 22.7 Å². The lowest BCUT2D eigenvalue weighted by Gasteiger charge is -2.17. The zero-order chi connectivity index (χ0) is 14.5. The topological polar surface area (TPSA) is 30.5 Å². The van der Waals surface area contributed by atoms with Crippen LogP contribution in [0.3, 0.4) is 0 Å². The van der Waals surface area contributed by atoms with Gasteiger partial charge in [-0.15, -0.1) is 0 Å². The lowest BCUT2D eigenvalue weighted by atomic mass is 10.1. The van der Waals surface area contributed by atoms with Gasteiger partial charge in [0, 0.05) is 11.7 Å². The minimum atomic E-state index is 0.230. The van der Waals surface area contributed by atoms with Crippen molar-refractivity contribution in [1.29, 1.82) is 0 Å². The molecular formula is C17H21NO2. The number of rotatable bonds is 5. The zero-order valence-corrected chi connectivity index (χ0v) is 12.4. The second kappa shape index (κ2) is 6.33. The average Bonchev–Trinajstić information content (AvgIpc) is 2.47. The van der Waals surface area contributed by atoms with Crippen LogP contribution in [0.1, 0.15) is 24.1 Å². The Bertz CT molecular complexity index is 564. The smallest absolute Gasteiger partial charge is 0.121 e. The molecule has 0 spiro atoms. The van der Waals surface area contributed by atoms with Crippen molar-refractivity contribution >= 4 is 5.69 Å². The maximum absolute atomic E-state index is 5.27. The predicted octanol–water partition coefficient (Wildman–Crippen LogP) is 4.19. The lowest BCUT2D eigenvalue weighted by Crippen LogP contribution is -2.06. The van der Waals surface area contributed by atoms with Gasteiger partial charge in [-0.05, 0) is 55.3 Å². The van der Waals surface area contributed by atoms with E-state index >= 15 is 0 Å². The summed E-state index contributed by atoms with van der Waals surface area (Å²) in [5, 5.41) is 3.49. The molecule has 0 saturated carbocycles. The summed E-state index contributed by atoms with van der Waals surface area (Å²) >= 11 is 0. The largest absolute Gasteiger partial charge is 0.497 e. The van der Waals surface area contributed by atoms with Gasteiger partial charge in [-0.3, -0.25) is 0 Å². The Morgan fingerprint density at radius 2 is 1.65 bits per heavy atom. The Kier molecular flexibility index (Phi) is 4.51. The fourth-order valence-electron chi connectivity index (χ4n) is 2.19. The molecule has 2 aromatic rings. The van der Waals surface area contributed by atoms with Crippen LogP contribution in [0.15, 0.2) is 42.5 Å². The van der Waals surface area contributed by atoms with Crippen molar-refractivity contribution in [3.05, 3.63) is 53.6 Å². The van der Waals surface area contributed by atoms with Crippen LogP contribution in [0.2, 0.25) is 0 Å². The van der Waals surface area contributed by atoms with E-state index in [1.165, 1.54) is 5.56 Å². The van der Waals surface area contributed by atoms with Crippen LogP contribution in [0.5, 0.6) is 11.5 Å². The molecule has 0 radical (unpaired) electrons. The molecule has 106 valence electrons. The molecule has 0 aromatic heterocycles. The standard InChI is InChI=1S/C17H21NO2/c1-12-11-15(7-10-17(12)20-4)18-13(2)14-5-8-16(19-3)9-6-14/h5-11,13,18H,1-4H3. The van der Waals surface area contributed by atoms with Crippen LogP contribution in [-0.2, 0) is 0 Å². The molecule has 0 fully saturated rings.